The molecule has 152 valence electrons. The largest absolute Gasteiger partial charge is 0.496 e. The molecule has 1 aromatic heterocycles. The average molecular weight is 400 g/mol. The summed E-state index contributed by atoms with van der Waals surface area (Å²) in [5.74, 6) is 2.97. The fraction of sp³-hybridized carbons (Fsp3) is 0.167. The molecule has 4 rings (SSSR count). The van der Waals surface area contributed by atoms with Crippen molar-refractivity contribution in [1.82, 2.24) is 9.97 Å². The van der Waals surface area contributed by atoms with E-state index in [-0.39, 0.29) is 0 Å². The van der Waals surface area contributed by atoms with Crippen molar-refractivity contribution in [2.45, 2.75) is 13.5 Å². The maximum Gasteiger partial charge on any atom is 0.229 e. The summed E-state index contributed by atoms with van der Waals surface area (Å²) in [7, 11) is 1.68. The number of benzene rings is 3. The maximum atomic E-state index is 5.50. The van der Waals surface area contributed by atoms with E-state index in [1.807, 2.05) is 79.7 Å². The van der Waals surface area contributed by atoms with Crippen LogP contribution in [0.25, 0.3) is 10.9 Å². The van der Waals surface area contributed by atoms with Crippen molar-refractivity contribution >= 4 is 28.4 Å². The van der Waals surface area contributed by atoms with Crippen LogP contribution in [0.5, 0.6) is 11.5 Å². The summed E-state index contributed by atoms with van der Waals surface area (Å²) < 4.78 is 11.0. The minimum atomic E-state index is 0.528. The highest BCUT2D eigenvalue weighted by Crippen LogP contribution is 2.26. The molecular formula is C24H24N4O2. The van der Waals surface area contributed by atoms with E-state index in [0.717, 1.165) is 39.5 Å². The van der Waals surface area contributed by atoms with Crippen LogP contribution in [0.3, 0.4) is 0 Å². The number of fused-ring (bicyclic) bond motifs is 1. The molecule has 0 aliphatic rings. The summed E-state index contributed by atoms with van der Waals surface area (Å²) in [6, 6.07) is 23.6. The average Bonchev–Trinajstić information content (AvgIpc) is 2.79. The van der Waals surface area contributed by atoms with Gasteiger partial charge in [0, 0.05) is 23.2 Å². The normalized spacial score (nSPS) is 10.6. The number of aromatic nitrogens is 2. The molecule has 0 aliphatic carbocycles. The molecule has 0 unspecified atom stereocenters. The van der Waals surface area contributed by atoms with Crippen molar-refractivity contribution in [3.8, 4) is 11.5 Å². The minimum absolute atomic E-state index is 0.528. The van der Waals surface area contributed by atoms with Crippen molar-refractivity contribution in [2.75, 3.05) is 24.4 Å². The third-order valence-electron chi connectivity index (χ3n) is 4.66. The SMILES string of the molecule is CCOc1ccc(Nc2nc(NCc3ccccc3OC)c3ccccc3n2)cc1. The Morgan fingerprint density at radius 2 is 1.63 bits per heavy atom. The van der Waals surface area contributed by atoms with Gasteiger partial charge in [-0.2, -0.15) is 4.98 Å². The van der Waals surface area contributed by atoms with E-state index < -0.39 is 0 Å². The van der Waals surface area contributed by atoms with Crippen LogP contribution in [-0.2, 0) is 6.54 Å². The fourth-order valence-electron chi connectivity index (χ4n) is 3.23. The fourth-order valence-corrected chi connectivity index (χ4v) is 3.23. The van der Waals surface area contributed by atoms with Crippen LogP contribution in [-0.4, -0.2) is 23.7 Å². The van der Waals surface area contributed by atoms with Crippen molar-refractivity contribution in [3.63, 3.8) is 0 Å². The van der Waals surface area contributed by atoms with Gasteiger partial charge < -0.3 is 20.1 Å². The highest BCUT2D eigenvalue weighted by atomic mass is 16.5. The Hall–Kier alpha value is -3.80. The number of anilines is 3. The van der Waals surface area contributed by atoms with Gasteiger partial charge in [0.2, 0.25) is 5.95 Å². The lowest BCUT2D eigenvalue weighted by atomic mass is 10.2. The number of para-hydroxylation sites is 2. The zero-order chi connectivity index (χ0) is 20.8. The van der Waals surface area contributed by atoms with Crippen molar-refractivity contribution in [2.24, 2.45) is 0 Å². The number of hydrogen-bond acceptors (Lipinski definition) is 6. The second kappa shape index (κ2) is 9.13. The molecule has 0 radical (unpaired) electrons. The molecule has 30 heavy (non-hydrogen) atoms. The quantitative estimate of drug-likeness (QED) is 0.413. The zero-order valence-corrected chi connectivity index (χ0v) is 17.1. The number of hydrogen-bond donors (Lipinski definition) is 2. The summed E-state index contributed by atoms with van der Waals surface area (Å²) in [5.41, 5.74) is 2.82. The molecule has 2 N–H and O–H groups in total. The Balaban J connectivity index is 1.60. The Bertz CT molecular complexity index is 1130. The van der Waals surface area contributed by atoms with Crippen molar-refractivity contribution < 1.29 is 9.47 Å². The molecule has 0 spiro atoms. The second-order valence-corrected chi connectivity index (χ2v) is 6.66. The van der Waals surface area contributed by atoms with E-state index in [9.17, 15) is 0 Å². The Morgan fingerprint density at radius 1 is 0.867 bits per heavy atom. The molecule has 0 saturated carbocycles. The molecule has 6 heteroatoms. The van der Waals surface area contributed by atoms with Gasteiger partial charge in [0.05, 0.1) is 19.2 Å². The van der Waals surface area contributed by atoms with Crippen LogP contribution in [0.4, 0.5) is 17.5 Å². The number of methoxy groups -OCH3 is 1. The van der Waals surface area contributed by atoms with E-state index in [1.165, 1.54) is 0 Å². The number of ether oxygens (including phenoxy) is 2. The second-order valence-electron chi connectivity index (χ2n) is 6.66. The van der Waals surface area contributed by atoms with Gasteiger partial charge in [-0.3, -0.25) is 0 Å². The lowest BCUT2D eigenvalue weighted by molar-refractivity contribution is 0.340. The number of nitrogens with one attached hydrogen (secondary N) is 2. The van der Waals surface area contributed by atoms with Crippen LogP contribution < -0.4 is 20.1 Å². The van der Waals surface area contributed by atoms with Gasteiger partial charge in [-0.05, 0) is 49.4 Å². The molecule has 1 heterocycles. The Morgan fingerprint density at radius 3 is 2.43 bits per heavy atom. The monoisotopic (exact) mass is 400 g/mol. The molecule has 0 atom stereocenters. The van der Waals surface area contributed by atoms with Gasteiger partial charge in [-0.1, -0.05) is 30.3 Å². The van der Waals surface area contributed by atoms with Gasteiger partial charge in [0.15, 0.2) is 0 Å². The van der Waals surface area contributed by atoms with Crippen LogP contribution >= 0.6 is 0 Å². The molecule has 0 saturated heterocycles. The van der Waals surface area contributed by atoms with Crippen LogP contribution in [0.15, 0.2) is 72.8 Å². The molecule has 0 amide bonds. The van der Waals surface area contributed by atoms with Crippen LogP contribution in [0.2, 0.25) is 0 Å². The first-order chi connectivity index (χ1) is 14.8. The standard InChI is InChI=1S/C24H24N4O2/c1-3-30-19-14-12-18(13-15-19)26-24-27-21-10-6-5-9-20(21)23(28-24)25-16-17-8-4-7-11-22(17)29-2/h4-15H,3,16H2,1-2H3,(H2,25,26,27,28). The summed E-state index contributed by atoms with van der Waals surface area (Å²) >= 11 is 0. The summed E-state index contributed by atoms with van der Waals surface area (Å²) in [6.45, 7) is 3.20. The van der Waals surface area contributed by atoms with E-state index in [1.54, 1.807) is 7.11 Å². The maximum absolute atomic E-state index is 5.50. The van der Waals surface area contributed by atoms with Crippen LogP contribution in [0, 0.1) is 0 Å². The number of nitrogens with zero attached hydrogens (tertiary/aromatic N) is 2. The van der Waals surface area contributed by atoms with E-state index in [2.05, 4.69) is 15.6 Å². The molecule has 0 fully saturated rings. The minimum Gasteiger partial charge on any atom is -0.496 e. The highest BCUT2D eigenvalue weighted by molar-refractivity contribution is 5.90. The van der Waals surface area contributed by atoms with Gasteiger partial charge in [0.1, 0.15) is 17.3 Å². The molecule has 6 nitrogen and oxygen atoms in total. The molecule has 3 aromatic carbocycles. The first-order valence-corrected chi connectivity index (χ1v) is 9.89. The lowest BCUT2D eigenvalue weighted by Crippen LogP contribution is -2.06. The summed E-state index contributed by atoms with van der Waals surface area (Å²) in [4.78, 5) is 9.38. The smallest absolute Gasteiger partial charge is 0.229 e. The van der Waals surface area contributed by atoms with Gasteiger partial charge >= 0.3 is 0 Å². The van der Waals surface area contributed by atoms with Crippen LogP contribution in [0.1, 0.15) is 12.5 Å². The van der Waals surface area contributed by atoms with Gasteiger partial charge in [-0.15, -0.1) is 0 Å². The van der Waals surface area contributed by atoms with Crippen molar-refractivity contribution in [1.29, 1.82) is 0 Å². The van der Waals surface area contributed by atoms with E-state index >= 15 is 0 Å². The van der Waals surface area contributed by atoms with Gasteiger partial charge in [-0.25, -0.2) is 4.98 Å². The van der Waals surface area contributed by atoms with Gasteiger partial charge in [0.25, 0.3) is 0 Å². The van der Waals surface area contributed by atoms with E-state index in [0.29, 0.717) is 19.1 Å². The predicted molar refractivity (Wildman–Crippen MR) is 121 cm³/mol. The predicted octanol–water partition coefficient (Wildman–Crippen LogP) is 5.39. The van der Waals surface area contributed by atoms with E-state index in [4.69, 9.17) is 14.5 Å². The molecule has 4 aromatic rings. The first kappa shape index (κ1) is 19.5. The summed E-state index contributed by atoms with van der Waals surface area (Å²) in [6.07, 6.45) is 0. The highest BCUT2D eigenvalue weighted by Gasteiger charge is 2.09. The lowest BCUT2D eigenvalue weighted by Gasteiger charge is -2.13. The third-order valence-corrected chi connectivity index (χ3v) is 4.66. The molecule has 0 aliphatic heterocycles. The Labute approximate surface area is 175 Å². The molecule has 0 bridgehead atoms. The third kappa shape index (κ3) is 4.43. The topological polar surface area (TPSA) is 68.3 Å². The van der Waals surface area contributed by atoms with Crippen molar-refractivity contribution in [3.05, 3.63) is 78.4 Å². The number of rotatable bonds is 8. The molecular weight excluding hydrogens is 376 g/mol. The Kier molecular flexibility index (Phi) is 5.94. The zero-order valence-electron chi connectivity index (χ0n) is 17.1. The summed E-state index contributed by atoms with van der Waals surface area (Å²) in [5, 5.41) is 7.69. The first-order valence-electron chi connectivity index (χ1n) is 9.89.